The smallest absolute Gasteiger partial charge is 0.220 e. The van der Waals surface area contributed by atoms with Crippen molar-refractivity contribution in [3.8, 4) is 0 Å². The van der Waals surface area contributed by atoms with Crippen LogP contribution in [0.25, 0.3) is 0 Å². The quantitative estimate of drug-likeness (QED) is 0.803. The van der Waals surface area contributed by atoms with Crippen molar-refractivity contribution in [2.45, 2.75) is 64.3 Å². The Hall–Kier alpha value is -0.650. The first-order chi connectivity index (χ1) is 9.45. The molecule has 20 heavy (non-hydrogen) atoms. The minimum Gasteiger partial charge on any atom is -0.353 e. The van der Waals surface area contributed by atoms with E-state index >= 15 is 0 Å². The van der Waals surface area contributed by atoms with Gasteiger partial charge in [0.2, 0.25) is 5.91 Å². The first-order valence-corrected chi connectivity index (χ1v) is 7.73. The van der Waals surface area contributed by atoms with Gasteiger partial charge >= 0.3 is 0 Å². The molecular weight excluding hydrogens is 256 g/mol. The molecule has 0 radical (unpaired) electrons. The summed E-state index contributed by atoms with van der Waals surface area (Å²) >= 11 is 0. The van der Waals surface area contributed by atoms with E-state index in [0.29, 0.717) is 26.1 Å². The van der Waals surface area contributed by atoms with Crippen LogP contribution in [0.2, 0.25) is 0 Å². The van der Waals surface area contributed by atoms with Crippen molar-refractivity contribution in [2.75, 3.05) is 19.7 Å². The van der Waals surface area contributed by atoms with Crippen LogP contribution in [0.3, 0.4) is 0 Å². The van der Waals surface area contributed by atoms with Crippen molar-refractivity contribution in [3.05, 3.63) is 0 Å². The number of ether oxygens (including phenoxy) is 2. The summed E-state index contributed by atoms with van der Waals surface area (Å²) in [6.07, 6.45) is 6.30. The number of nitrogens with one attached hydrogen (secondary N) is 1. The van der Waals surface area contributed by atoms with Gasteiger partial charge in [0.05, 0.1) is 6.61 Å². The number of carbonyl (C=O) groups excluding carboxylic acids is 1. The lowest BCUT2D eigenvalue weighted by molar-refractivity contribution is -0.139. The Morgan fingerprint density at radius 3 is 2.55 bits per heavy atom. The number of hydrogen-bond acceptors (Lipinski definition) is 4. The molecule has 116 valence electrons. The van der Waals surface area contributed by atoms with E-state index in [1.165, 1.54) is 19.3 Å². The van der Waals surface area contributed by atoms with Crippen molar-refractivity contribution >= 4 is 5.91 Å². The number of hydrogen-bond donors (Lipinski definition) is 2. The molecule has 1 unspecified atom stereocenters. The summed E-state index contributed by atoms with van der Waals surface area (Å²) in [5.74, 6) is -0.442. The first-order valence-electron chi connectivity index (χ1n) is 7.73. The largest absolute Gasteiger partial charge is 0.353 e. The molecular formula is C15H28N2O3. The Kier molecular flexibility index (Phi) is 5.04. The van der Waals surface area contributed by atoms with Gasteiger partial charge in [-0.3, -0.25) is 4.79 Å². The normalized spacial score (nSPS) is 28.2. The predicted molar refractivity (Wildman–Crippen MR) is 77.1 cm³/mol. The lowest BCUT2D eigenvalue weighted by atomic mass is 9.71. The van der Waals surface area contributed by atoms with Gasteiger partial charge < -0.3 is 20.5 Å². The third-order valence-electron chi connectivity index (χ3n) is 4.48. The number of rotatable bonds is 5. The average Bonchev–Trinajstić information content (AvgIpc) is 2.77. The number of amides is 1. The molecule has 1 aliphatic heterocycles. The maximum Gasteiger partial charge on any atom is 0.220 e. The molecule has 0 aromatic rings. The average molecular weight is 284 g/mol. The Bertz CT molecular complexity index is 338. The van der Waals surface area contributed by atoms with Gasteiger partial charge in [-0.2, -0.15) is 0 Å². The van der Waals surface area contributed by atoms with Gasteiger partial charge in [-0.25, -0.2) is 0 Å². The third-order valence-corrected chi connectivity index (χ3v) is 4.48. The highest BCUT2D eigenvalue weighted by molar-refractivity contribution is 5.76. The highest BCUT2D eigenvalue weighted by Crippen LogP contribution is 2.38. The van der Waals surface area contributed by atoms with Gasteiger partial charge in [0.15, 0.2) is 5.79 Å². The van der Waals surface area contributed by atoms with Crippen LogP contribution in [-0.2, 0) is 14.3 Å². The Balaban J connectivity index is 1.75. The lowest BCUT2D eigenvalue weighted by Crippen LogP contribution is -2.41. The minimum atomic E-state index is -0.531. The lowest BCUT2D eigenvalue weighted by Gasteiger charge is -2.35. The monoisotopic (exact) mass is 284 g/mol. The topological polar surface area (TPSA) is 73.6 Å². The minimum absolute atomic E-state index is 0.0225. The number of carbonyl (C=O) groups is 1. The van der Waals surface area contributed by atoms with Crippen LogP contribution in [0, 0.1) is 5.41 Å². The highest BCUT2D eigenvalue weighted by Gasteiger charge is 2.35. The van der Waals surface area contributed by atoms with Crippen molar-refractivity contribution in [2.24, 2.45) is 11.1 Å². The van der Waals surface area contributed by atoms with E-state index in [-0.39, 0.29) is 17.4 Å². The zero-order chi connectivity index (χ0) is 14.6. The van der Waals surface area contributed by atoms with Crippen molar-refractivity contribution in [1.29, 1.82) is 0 Å². The van der Waals surface area contributed by atoms with E-state index in [9.17, 15) is 4.79 Å². The molecule has 1 aliphatic carbocycles. The molecule has 1 saturated carbocycles. The van der Waals surface area contributed by atoms with Crippen LogP contribution < -0.4 is 11.1 Å². The van der Waals surface area contributed by atoms with Gasteiger partial charge in [0, 0.05) is 13.0 Å². The van der Waals surface area contributed by atoms with Gasteiger partial charge in [-0.1, -0.05) is 19.3 Å². The zero-order valence-electron chi connectivity index (χ0n) is 12.7. The maximum absolute atomic E-state index is 12.1. The molecule has 0 aromatic heterocycles. The molecule has 2 aliphatic rings. The fraction of sp³-hybridized carbons (Fsp3) is 0.933. The van der Waals surface area contributed by atoms with Crippen molar-refractivity contribution in [1.82, 2.24) is 5.32 Å². The second-order valence-electron chi connectivity index (χ2n) is 6.70. The molecule has 1 atom stereocenters. The van der Waals surface area contributed by atoms with E-state index in [4.69, 9.17) is 15.2 Å². The molecule has 0 spiro atoms. The van der Waals surface area contributed by atoms with E-state index in [1.54, 1.807) is 0 Å². The molecule has 0 bridgehead atoms. The van der Waals surface area contributed by atoms with Crippen molar-refractivity contribution in [3.63, 3.8) is 0 Å². The molecule has 5 nitrogen and oxygen atoms in total. The Morgan fingerprint density at radius 2 is 2.00 bits per heavy atom. The first kappa shape index (κ1) is 15.7. The number of nitrogens with two attached hydrogens (primary N) is 1. The summed E-state index contributed by atoms with van der Waals surface area (Å²) in [6, 6.07) is 0. The summed E-state index contributed by atoms with van der Waals surface area (Å²) in [5, 5.41) is 2.97. The van der Waals surface area contributed by atoms with Crippen LogP contribution in [0.1, 0.15) is 52.4 Å². The molecule has 2 fully saturated rings. The van der Waals surface area contributed by atoms with Gasteiger partial charge in [-0.05, 0) is 38.6 Å². The Labute approximate surface area is 121 Å². The molecule has 5 heteroatoms. The van der Waals surface area contributed by atoms with E-state index in [2.05, 4.69) is 5.32 Å². The molecule has 3 N–H and O–H groups in total. The van der Waals surface area contributed by atoms with Crippen LogP contribution in [0.4, 0.5) is 0 Å². The molecule has 1 saturated heterocycles. The summed E-state index contributed by atoms with van der Waals surface area (Å²) in [4.78, 5) is 12.1. The second-order valence-corrected chi connectivity index (χ2v) is 6.70. The van der Waals surface area contributed by atoms with Crippen LogP contribution >= 0.6 is 0 Å². The highest BCUT2D eigenvalue weighted by atomic mass is 16.7. The zero-order valence-corrected chi connectivity index (χ0v) is 12.7. The maximum atomic E-state index is 12.1. The molecule has 1 heterocycles. The van der Waals surface area contributed by atoms with Crippen LogP contribution in [-0.4, -0.2) is 37.5 Å². The standard InChI is InChI=1S/C15H28N2O3/c1-14(2)19-10-12(20-14)9-17-13(18)8-15(11-16)6-4-3-5-7-15/h12H,3-11,16H2,1-2H3,(H,17,18). The van der Waals surface area contributed by atoms with Gasteiger partial charge in [0.1, 0.15) is 6.10 Å². The molecule has 2 rings (SSSR count). The van der Waals surface area contributed by atoms with E-state index in [0.717, 1.165) is 12.8 Å². The van der Waals surface area contributed by atoms with Gasteiger partial charge in [0.25, 0.3) is 0 Å². The summed E-state index contributed by atoms with van der Waals surface area (Å²) in [5.41, 5.74) is 5.94. The molecule has 1 amide bonds. The summed E-state index contributed by atoms with van der Waals surface area (Å²) < 4.78 is 11.2. The van der Waals surface area contributed by atoms with E-state index < -0.39 is 5.79 Å². The van der Waals surface area contributed by atoms with Crippen molar-refractivity contribution < 1.29 is 14.3 Å². The van der Waals surface area contributed by atoms with Crippen LogP contribution in [0.5, 0.6) is 0 Å². The molecule has 0 aromatic carbocycles. The fourth-order valence-corrected chi connectivity index (χ4v) is 3.25. The van der Waals surface area contributed by atoms with Gasteiger partial charge in [-0.15, -0.1) is 0 Å². The second kappa shape index (κ2) is 6.41. The third kappa shape index (κ3) is 4.17. The SMILES string of the molecule is CC1(C)OCC(CNC(=O)CC2(CN)CCCCC2)O1. The summed E-state index contributed by atoms with van der Waals surface area (Å²) in [6.45, 7) is 5.44. The fourth-order valence-electron chi connectivity index (χ4n) is 3.25. The van der Waals surface area contributed by atoms with E-state index in [1.807, 2.05) is 13.8 Å². The predicted octanol–water partition coefficient (Wildman–Crippen LogP) is 1.55. The summed E-state index contributed by atoms with van der Waals surface area (Å²) in [7, 11) is 0. The Morgan fingerprint density at radius 1 is 1.30 bits per heavy atom. The van der Waals surface area contributed by atoms with Crippen LogP contribution in [0.15, 0.2) is 0 Å².